The highest BCUT2D eigenvalue weighted by Crippen LogP contribution is 1.44. The first-order chi connectivity index (χ1) is 19.9. The van der Waals surface area contributed by atoms with Gasteiger partial charge in [0.15, 0.2) is 0 Å². The van der Waals surface area contributed by atoms with Gasteiger partial charge in [-0.05, 0) is 93.2 Å². The van der Waals surface area contributed by atoms with E-state index in [1.807, 2.05) is 195 Å². The highest BCUT2D eigenvalue weighted by molar-refractivity contribution is 8.81. The lowest BCUT2D eigenvalue weighted by Crippen LogP contribution is -1.41. The second kappa shape index (κ2) is 47.4. The van der Waals surface area contributed by atoms with Gasteiger partial charge >= 0.3 is 0 Å². The Morgan fingerprint density at radius 2 is 0.375 bits per heavy atom. The molecular weight excluding hydrogens is 1260 g/mol. The summed E-state index contributed by atoms with van der Waals surface area (Å²) >= 11 is 9.44. The van der Waals surface area contributed by atoms with Crippen LogP contribution in [-0.4, -0.2) is 4.31 Å². The quantitative estimate of drug-likeness (QED) is 0.321. The zero-order valence-corrected chi connectivity index (χ0v) is 48.3. The maximum atomic E-state index is 4.80. The third-order valence-electron chi connectivity index (χ3n) is 1.04. The Balaban J connectivity index is 6.03. The van der Waals surface area contributed by atoms with Crippen molar-refractivity contribution in [3.8, 4) is 0 Å². The smallest absolute Gasteiger partial charge is 0.0148 e. The van der Waals surface area contributed by atoms with Crippen molar-refractivity contribution < 1.29 is 0 Å². The van der Waals surface area contributed by atoms with Gasteiger partial charge in [0.25, 0.3) is 0 Å². The molecule has 238 valence electrons. The van der Waals surface area contributed by atoms with Crippen molar-refractivity contribution in [2.24, 2.45) is 0 Å². The van der Waals surface area contributed by atoms with Gasteiger partial charge in [0.05, 0.1) is 0 Å². The fourth-order valence-electron chi connectivity index (χ4n) is 0.413. The first-order valence-electron chi connectivity index (χ1n) is 6.57. The summed E-state index contributed by atoms with van der Waals surface area (Å²) in [5.41, 5.74) is 0. The summed E-state index contributed by atoms with van der Waals surface area (Å²) in [5, 5.41) is 0. The van der Waals surface area contributed by atoms with Crippen molar-refractivity contribution in [1.29, 1.82) is 0 Å². The largest absolute Gasteiger partial charge is 0.0298 e. The molecule has 0 aromatic heterocycles. The lowest BCUT2D eigenvalue weighted by molar-refractivity contribution is 4.64. The molecule has 0 saturated heterocycles. The molecule has 0 heterocycles. The van der Waals surface area contributed by atoms with Crippen molar-refractivity contribution in [2.45, 2.75) is 0 Å². The van der Waals surface area contributed by atoms with Gasteiger partial charge in [-0.25, -0.2) is 0 Å². The van der Waals surface area contributed by atoms with Crippen molar-refractivity contribution in [2.75, 3.05) is 0 Å². The van der Waals surface area contributed by atoms with Crippen LogP contribution in [0.2, 0.25) is 0 Å². The van der Waals surface area contributed by atoms with Crippen LogP contribution in [-0.2, 0) is 341 Å². The molecular formula is CS39. The summed E-state index contributed by atoms with van der Waals surface area (Å²) in [6, 6.07) is 0. The van der Waals surface area contributed by atoms with E-state index in [-0.39, 0.29) is 0 Å². The Morgan fingerprint density at radius 3 is 0.525 bits per heavy atom. The molecule has 0 fully saturated rings. The minimum atomic E-state index is 1.37. The van der Waals surface area contributed by atoms with Crippen LogP contribution in [0, 0.1) is 0 Å². The highest BCUT2D eigenvalue weighted by atomic mass is 33.5. The van der Waals surface area contributed by atoms with Gasteiger partial charge in [-0.2, -0.15) is 0 Å². The second-order valence-corrected chi connectivity index (χ2v) is 67.6. The molecule has 0 aromatic carbocycles. The van der Waals surface area contributed by atoms with E-state index in [0.717, 1.165) is 0 Å². The molecule has 0 spiro atoms. The van der Waals surface area contributed by atoms with E-state index in [2.05, 4.69) is 16.5 Å². The van der Waals surface area contributed by atoms with Crippen molar-refractivity contribution in [3.63, 3.8) is 0 Å². The van der Waals surface area contributed by atoms with Crippen LogP contribution >= 0.6 is 12.2 Å². The average Bonchev–Trinajstić information content (AvgIpc) is 2.97. The Kier molecular flexibility index (Phi) is 57.3. The molecule has 0 bridgehead atoms. The predicted molar refractivity (Wildman–Crippen MR) is 292 cm³/mol. The molecule has 0 aliphatic rings. The van der Waals surface area contributed by atoms with Gasteiger partial charge in [-0.15, -0.1) is 0 Å². The minimum Gasteiger partial charge on any atom is -0.0148 e. The zero-order chi connectivity index (χ0) is 28.9. The third-order valence-corrected chi connectivity index (χ3v) is 80.6. The van der Waals surface area contributed by atoms with E-state index in [1.165, 1.54) is 18.8 Å². The van der Waals surface area contributed by atoms with Crippen molar-refractivity contribution in [3.05, 3.63) is 0 Å². The number of thiocarbonyl (C=S) groups is 1. The monoisotopic (exact) mass is 1260 g/mol. The molecule has 0 nitrogen and oxygen atoms in total. The Labute approximate surface area is 347 Å². The van der Waals surface area contributed by atoms with Gasteiger partial charge in [-0.1, -0.05) is 0 Å². The molecule has 39 heteroatoms. The molecule has 0 unspecified atom stereocenters. The standard InChI is InChI=1S/CS39/c2-1-4-6-8-10-12-14-16-18-20-22-24-26-28-30-32-34-36-38-40-39-37-35-33-31-29-27-25-23-21-19-17-15-13-11-9-7-5-3. The van der Waals surface area contributed by atoms with E-state index in [4.69, 9.17) is 11.2 Å². The van der Waals surface area contributed by atoms with Gasteiger partial charge in [-0.3, -0.25) is 0 Å². The molecule has 0 aliphatic carbocycles. The second-order valence-electron chi connectivity index (χ2n) is 2.62. The van der Waals surface area contributed by atoms with E-state index in [0.29, 0.717) is 0 Å². The van der Waals surface area contributed by atoms with E-state index in [9.17, 15) is 0 Å². The molecule has 0 N–H and O–H groups in total. The molecule has 0 aliphatic heterocycles. The molecule has 40 heavy (non-hydrogen) atoms. The highest BCUT2D eigenvalue weighted by Gasteiger charge is 1.44. The van der Waals surface area contributed by atoms with E-state index in [1.54, 1.807) is 115 Å². The predicted octanol–water partition coefficient (Wildman–Crippen LogP) is 0.279. The van der Waals surface area contributed by atoms with Crippen LogP contribution in [0.4, 0.5) is 0 Å². The van der Waals surface area contributed by atoms with E-state index < -0.39 is 0 Å². The number of hydrogen-bond donors (Lipinski definition) is 0. The maximum absolute atomic E-state index is 4.80. The van der Waals surface area contributed by atoms with Crippen molar-refractivity contribution >= 4 is 357 Å². The topological polar surface area (TPSA) is 0 Å². The normalized spacial score (nSPS) is 7.60. The minimum absolute atomic E-state index is 1.37. The van der Waals surface area contributed by atoms with Gasteiger partial charge < -0.3 is 0 Å². The molecule has 0 saturated carbocycles. The summed E-state index contributed by atoms with van der Waals surface area (Å²) in [7, 11) is 65.6. The first-order valence-corrected chi connectivity index (χ1v) is 56.7. The lowest BCUT2D eigenvalue weighted by atomic mass is 12.0. The van der Waals surface area contributed by atoms with Gasteiger partial charge in [0, 0.05) is 264 Å². The summed E-state index contributed by atoms with van der Waals surface area (Å²) in [6.07, 6.45) is 0. The molecule has 0 aromatic rings. The van der Waals surface area contributed by atoms with Crippen LogP contribution in [0.25, 0.3) is 0 Å². The Bertz CT molecular complexity index is 2410. The number of rotatable bonds is 0. The fraction of sp³-hybridized carbons (Fsp3) is 0. The molecule has 0 radical (unpaired) electrons. The SMILES string of the molecule is S=C=S=S=S=S=S=S=S=S=S=S=S=S=S=S=S=S=S=S=S=S=S=S=S=S=S=S=S=S=S=S=S=S=S=S=S=S=S=S. The molecule has 0 amide bonds. The summed E-state index contributed by atoms with van der Waals surface area (Å²) in [6.45, 7) is 0. The summed E-state index contributed by atoms with van der Waals surface area (Å²) in [4.78, 5) is 0. The third kappa shape index (κ3) is 46.4. The summed E-state index contributed by atoms with van der Waals surface area (Å²) < 4.78 is 2.62. The van der Waals surface area contributed by atoms with Crippen LogP contribution in [0.3, 0.4) is 0 Å². The lowest BCUT2D eigenvalue weighted by Gasteiger charge is -1.41. The van der Waals surface area contributed by atoms with Crippen LogP contribution < -0.4 is 0 Å². The van der Waals surface area contributed by atoms with Crippen molar-refractivity contribution in [1.82, 2.24) is 0 Å². The molecule has 0 rings (SSSR count). The summed E-state index contributed by atoms with van der Waals surface area (Å²) in [5.74, 6) is 0. The van der Waals surface area contributed by atoms with Gasteiger partial charge in [0.1, 0.15) is 0 Å². The maximum Gasteiger partial charge on any atom is 0.0298 e. The van der Waals surface area contributed by atoms with Crippen LogP contribution in [0.1, 0.15) is 0 Å². The Hall–Kier alpha value is 8.36. The van der Waals surface area contributed by atoms with Crippen LogP contribution in [0.15, 0.2) is 0 Å². The molecule has 0 atom stereocenters. The van der Waals surface area contributed by atoms with E-state index >= 15 is 0 Å². The first kappa shape index (κ1) is 48.4. The fourth-order valence-corrected chi connectivity index (χ4v) is 95.9. The van der Waals surface area contributed by atoms with Gasteiger partial charge in [0.2, 0.25) is 0 Å². The average molecular weight is 1260 g/mol. The van der Waals surface area contributed by atoms with Crippen LogP contribution in [0.5, 0.6) is 0 Å². The zero-order valence-electron chi connectivity index (χ0n) is 16.4. The number of hydrogen-bond acceptors (Lipinski definition) is 2. The Morgan fingerprint density at radius 1 is 0.225 bits per heavy atom.